The zero-order valence-electron chi connectivity index (χ0n) is 11.2. The summed E-state index contributed by atoms with van der Waals surface area (Å²) in [6.45, 7) is 11.5. The number of carbonyl (C=O) groups excluding carboxylic acids is 1. The van der Waals surface area contributed by atoms with E-state index in [1.165, 1.54) is 0 Å². The van der Waals surface area contributed by atoms with Gasteiger partial charge >= 0.3 is 0 Å². The third kappa shape index (κ3) is 1.90. The number of fused-ring (bicyclic) bond motifs is 1. The first kappa shape index (κ1) is 12.0. The molecule has 1 aromatic rings. The minimum absolute atomic E-state index is 0.0335. The second kappa shape index (κ2) is 3.75. The number of amides is 1. The third-order valence-corrected chi connectivity index (χ3v) is 3.03. The molecule has 94 valence electrons. The van der Waals surface area contributed by atoms with Crippen LogP contribution in [0.1, 0.15) is 33.4 Å². The predicted molar refractivity (Wildman–Crippen MR) is 68.4 cm³/mol. The van der Waals surface area contributed by atoms with Gasteiger partial charge in [0.15, 0.2) is 5.82 Å². The van der Waals surface area contributed by atoms with E-state index in [9.17, 15) is 4.79 Å². The van der Waals surface area contributed by atoms with Gasteiger partial charge in [0.1, 0.15) is 5.69 Å². The standard InChI is InChI=1S/C12H20N4O/c1-6-16-11-10(8(2)14-16)13-9(17)7-15(11)12(3,4)5/h6-7H2,1-5H3,(H,13,17). The Morgan fingerprint density at radius 2 is 2.06 bits per heavy atom. The fraction of sp³-hybridized carbons (Fsp3) is 0.667. The number of rotatable bonds is 1. The maximum Gasteiger partial charge on any atom is 0.244 e. The van der Waals surface area contributed by atoms with Crippen molar-refractivity contribution >= 4 is 17.4 Å². The predicted octanol–water partition coefficient (Wildman–Crippen LogP) is 1.77. The average molecular weight is 236 g/mol. The van der Waals surface area contributed by atoms with Crippen LogP contribution in [0.3, 0.4) is 0 Å². The summed E-state index contributed by atoms with van der Waals surface area (Å²) >= 11 is 0. The van der Waals surface area contributed by atoms with E-state index in [-0.39, 0.29) is 11.4 Å². The summed E-state index contributed by atoms with van der Waals surface area (Å²) in [7, 11) is 0. The number of aryl methyl sites for hydroxylation is 2. The largest absolute Gasteiger partial charge is 0.341 e. The highest BCUT2D eigenvalue weighted by Crippen LogP contribution is 2.36. The van der Waals surface area contributed by atoms with E-state index in [1.807, 2.05) is 11.6 Å². The van der Waals surface area contributed by atoms with E-state index in [0.717, 1.165) is 23.7 Å². The van der Waals surface area contributed by atoms with Crippen molar-refractivity contribution in [2.45, 2.75) is 46.7 Å². The van der Waals surface area contributed by atoms with Crippen molar-refractivity contribution in [2.24, 2.45) is 0 Å². The Morgan fingerprint density at radius 1 is 1.41 bits per heavy atom. The Hall–Kier alpha value is -1.52. The first-order valence-corrected chi connectivity index (χ1v) is 5.99. The summed E-state index contributed by atoms with van der Waals surface area (Å²) in [5.74, 6) is 1.06. The van der Waals surface area contributed by atoms with E-state index in [1.54, 1.807) is 0 Å². The van der Waals surface area contributed by atoms with Crippen LogP contribution in [0.25, 0.3) is 0 Å². The van der Waals surface area contributed by atoms with Crippen molar-refractivity contribution in [1.29, 1.82) is 0 Å². The molecule has 0 aliphatic carbocycles. The molecule has 1 amide bonds. The summed E-state index contributed by atoms with van der Waals surface area (Å²) in [6.07, 6.45) is 0. The van der Waals surface area contributed by atoms with E-state index in [4.69, 9.17) is 0 Å². The minimum Gasteiger partial charge on any atom is -0.341 e. The van der Waals surface area contributed by atoms with Gasteiger partial charge in [-0.25, -0.2) is 4.68 Å². The highest BCUT2D eigenvalue weighted by atomic mass is 16.2. The molecule has 0 bridgehead atoms. The molecule has 0 radical (unpaired) electrons. The Labute approximate surface area is 102 Å². The van der Waals surface area contributed by atoms with E-state index in [0.29, 0.717) is 6.54 Å². The van der Waals surface area contributed by atoms with E-state index in [2.05, 4.69) is 43.0 Å². The average Bonchev–Trinajstić information content (AvgIpc) is 2.53. The Bertz CT molecular complexity index is 456. The van der Waals surface area contributed by atoms with Gasteiger partial charge in [-0.1, -0.05) is 0 Å². The lowest BCUT2D eigenvalue weighted by molar-refractivity contribution is -0.115. The fourth-order valence-electron chi connectivity index (χ4n) is 2.16. The maximum absolute atomic E-state index is 11.7. The highest BCUT2D eigenvalue weighted by molar-refractivity contribution is 6.01. The van der Waals surface area contributed by atoms with Gasteiger partial charge in [-0.3, -0.25) is 4.79 Å². The molecule has 0 unspecified atom stereocenters. The van der Waals surface area contributed by atoms with Gasteiger partial charge < -0.3 is 10.2 Å². The van der Waals surface area contributed by atoms with Crippen molar-refractivity contribution in [3.05, 3.63) is 5.69 Å². The Balaban J connectivity index is 2.58. The number of anilines is 2. The van der Waals surface area contributed by atoms with E-state index < -0.39 is 0 Å². The molecule has 2 rings (SSSR count). The highest BCUT2D eigenvalue weighted by Gasteiger charge is 2.34. The number of hydrogen-bond donors (Lipinski definition) is 1. The molecule has 0 saturated carbocycles. The zero-order valence-corrected chi connectivity index (χ0v) is 11.2. The number of hydrogen-bond acceptors (Lipinski definition) is 3. The molecular weight excluding hydrogens is 216 g/mol. The first-order chi connectivity index (χ1) is 7.84. The van der Waals surface area contributed by atoms with Crippen molar-refractivity contribution in [1.82, 2.24) is 9.78 Å². The van der Waals surface area contributed by atoms with Gasteiger partial charge in [0, 0.05) is 12.1 Å². The summed E-state index contributed by atoms with van der Waals surface area (Å²) in [4.78, 5) is 13.9. The number of carbonyl (C=O) groups is 1. The number of nitrogens with one attached hydrogen (secondary N) is 1. The second-order valence-electron chi connectivity index (χ2n) is 5.40. The van der Waals surface area contributed by atoms with Crippen LogP contribution in [0.4, 0.5) is 11.5 Å². The molecule has 2 heterocycles. The van der Waals surface area contributed by atoms with Crippen LogP contribution in [-0.2, 0) is 11.3 Å². The van der Waals surface area contributed by atoms with Crippen LogP contribution in [0.5, 0.6) is 0 Å². The molecule has 1 aliphatic heterocycles. The monoisotopic (exact) mass is 236 g/mol. The lowest BCUT2D eigenvalue weighted by atomic mass is 10.0. The van der Waals surface area contributed by atoms with Crippen molar-refractivity contribution < 1.29 is 4.79 Å². The molecule has 5 heteroatoms. The smallest absolute Gasteiger partial charge is 0.244 e. The lowest BCUT2D eigenvalue weighted by Gasteiger charge is -2.40. The molecule has 0 spiro atoms. The molecular formula is C12H20N4O. The third-order valence-electron chi connectivity index (χ3n) is 3.03. The van der Waals surface area contributed by atoms with E-state index >= 15 is 0 Å². The van der Waals surface area contributed by atoms with Gasteiger partial charge in [-0.2, -0.15) is 5.10 Å². The zero-order chi connectivity index (χ0) is 12.8. The molecule has 0 saturated heterocycles. The van der Waals surface area contributed by atoms with Gasteiger partial charge in [0.2, 0.25) is 5.91 Å². The van der Waals surface area contributed by atoms with Gasteiger partial charge in [-0.05, 0) is 34.6 Å². The molecule has 0 fully saturated rings. The summed E-state index contributed by atoms with van der Waals surface area (Å²) in [5, 5.41) is 7.39. The normalized spacial score (nSPS) is 15.8. The lowest BCUT2D eigenvalue weighted by Crippen LogP contribution is -2.49. The van der Waals surface area contributed by atoms with Crippen LogP contribution in [0.2, 0.25) is 0 Å². The van der Waals surface area contributed by atoms with Crippen LogP contribution < -0.4 is 10.2 Å². The molecule has 0 atom stereocenters. The number of nitrogens with zero attached hydrogens (tertiary/aromatic N) is 3. The summed E-state index contributed by atoms with van der Waals surface area (Å²) < 4.78 is 1.95. The molecule has 5 nitrogen and oxygen atoms in total. The molecule has 1 N–H and O–H groups in total. The minimum atomic E-state index is -0.0914. The molecule has 1 aromatic heterocycles. The topological polar surface area (TPSA) is 50.2 Å². The van der Waals surface area contributed by atoms with Crippen LogP contribution in [-0.4, -0.2) is 27.8 Å². The van der Waals surface area contributed by atoms with Crippen molar-refractivity contribution in [2.75, 3.05) is 16.8 Å². The maximum atomic E-state index is 11.7. The molecule has 1 aliphatic rings. The van der Waals surface area contributed by atoms with Gasteiger partial charge in [0.05, 0.1) is 12.2 Å². The second-order valence-corrected chi connectivity index (χ2v) is 5.40. The van der Waals surface area contributed by atoms with Gasteiger partial charge in [0.25, 0.3) is 0 Å². The fourth-order valence-corrected chi connectivity index (χ4v) is 2.16. The van der Waals surface area contributed by atoms with Crippen LogP contribution in [0, 0.1) is 6.92 Å². The molecule has 17 heavy (non-hydrogen) atoms. The first-order valence-electron chi connectivity index (χ1n) is 5.99. The Morgan fingerprint density at radius 3 is 2.59 bits per heavy atom. The van der Waals surface area contributed by atoms with Crippen LogP contribution in [0.15, 0.2) is 0 Å². The number of aromatic nitrogens is 2. The van der Waals surface area contributed by atoms with Crippen molar-refractivity contribution in [3.8, 4) is 0 Å². The SMILES string of the molecule is CCn1nc(C)c2c1N(C(C)(C)C)CC(=O)N2. The van der Waals surface area contributed by atoms with Crippen LogP contribution >= 0.6 is 0 Å². The Kier molecular flexibility index (Phi) is 2.64. The summed E-state index contributed by atoms with van der Waals surface area (Å²) in [5.41, 5.74) is 1.65. The molecule has 0 aromatic carbocycles. The van der Waals surface area contributed by atoms with Gasteiger partial charge in [-0.15, -0.1) is 0 Å². The quantitative estimate of drug-likeness (QED) is 0.808. The van der Waals surface area contributed by atoms with Crippen molar-refractivity contribution in [3.63, 3.8) is 0 Å². The summed E-state index contributed by atoms with van der Waals surface area (Å²) in [6, 6.07) is 0.